The Kier molecular flexibility index (Phi) is 4.98. The van der Waals surface area contributed by atoms with Crippen LogP contribution in [0.3, 0.4) is 0 Å². The molecule has 0 aromatic heterocycles. The van der Waals surface area contributed by atoms with Crippen molar-refractivity contribution in [2.45, 2.75) is 19.4 Å². The number of fused-ring (bicyclic) bond motifs is 1. The van der Waals surface area contributed by atoms with Crippen molar-refractivity contribution in [3.63, 3.8) is 0 Å². The van der Waals surface area contributed by atoms with Crippen LogP contribution >= 0.6 is 0 Å². The quantitative estimate of drug-likeness (QED) is 0.336. The van der Waals surface area contributed by atoms with E-state index < -0.39 is 28.8 Å². The van der Waals surface area contributed by atoms with E-state index in [2.05, 4.69) is 0 Å². The molecule has 8 heteroatoms. The minimum atomic E-state index is -0.695. The fraction of sp³-hybridized carbons (Fsp3) is 0.211. The zero-order chi connectivity index (χ0) is 19.6. The number of hydrogen-bond acceptors (Lipinski definition) is 6. The van der Waals surface area contributed by atoms with Crippen molar-refractivity contribution in [3.05, 3.63) is 75.3 Å². The number of hydrogen-bond donors (Lipinski definition) is 0. The van der Waals surface area contributed by atoms with E-state index in [1.54, 1.807) is 37.3 Å². The third-order valence-corrected chi connectivity index (χ3v) is 4.28. The number of rotatable bonds is 6. The van der Waals surface area contributed by atoms with Gasteiger partial charge < -0.3 is 4.74 Å². The zero-order valence-electron chi connectivity index (χ0n) is 14.5. The van der Waals surface area contributed by atoms with Gasteiger partial charge in [0.1, 0.15) is 6.10 Å². The summed E-state index contributed by atoms with van der Waals surface area (Å²) in [6, 6.07) is 12.3. The number of carbonyl (C=O) groups excluding carboxylic acids is 3. The van der Waals surface area contributed by atoms with Crippen LogP contribution in [0, 0.1) is 10.1 Å². The van der Waals surface area contributed by atoms with Gasteiger partial charge in [-0.1, -0.05) is 24.3 Å². The molecule has 0 spiro atoms. The van der Waals surface area contributed by atoms with Gasteiger partial charge in [-0.3, -0.25) is 29.4 Å². The summed E-state index contributed by atoms with van der Waals surface area (Å²) in [4.78, 5) is 47.9. The smallest absolute Gasteiger partial charge is 0.308 e. The number of amides is 2. The van der Waals surface area contributed by atoms with Crippen molar-refractivity contribution in [1.29, 1.82) is 0 Å². The average Bonchev–Trinajstić information content (AvgIpc) is 2.91. The molecule has 0 unspecified atom stereocenters. The molecule has 1 atom stereocenters. The molecule has 0 bridgehead atoms. The van der Waals surface area contributed by atoms with Gasteiger partial charge in [-0.2, -0.15) is 0 Å². The number of benzene rings is 2. The van der Waals surface area contributed by atoms with Gasteiger partial charge in [0.25, 0.3) is 17.5 Å². The van der Waals surface area contributed by atoms with E-state index in [4.69, 9.17) is 4.74 Å². The molecule has 2 amide bonds. The first-order valence-electron chi connectivity index (χ1n) is 8.27. The predicted molar refractivity (Wildman–Crippen MR) is 94.0 cm³/mol. The summed E-state index contributed by atoms with van der Waals surface area (Å²) in [6.07, 6.45) is -0.857. The highest BCUT2D eigenvalue weighted by atomic mass is 16.6. The van der Waals surface area contributed by atoms with E-state index in [1.165, 1.54) is 18.2 Å². The minimum absolute atomic E-state index is 0.0904. The Hall–Kier alpha value is -3.55. The van der Waals surface area contributed by atoms with Gasteiger partial charge in [0.15, 0.2) is 0 Å². The number of ether oxygens (including phenoxy) is 1. The summed E-state index contributed by atoms with van der Waals surface area (Å²) in [6.45, 7) is 1.51. The van der Waals surface area contributed by atoms with E-state index in [0.717, 1.165) is 4.90 Å². The number of nitrogens with zero attached hydrogens (tertiary/aromatic N) is 2. The van der Waals surface area contributed by atoms with Crippen molar-refractivity contribution in [2.24, 2.45) is 0 Å². The van der Waals surface area contributed by atoms with Gasteiger partial charge in [-0.25, -0.2) is 0 Å². The fourth-order valence-corrected chi connectivity index (χ4v) is 2.86. The van der Waals surface area contributed by atoms with Crippen LogP contribution in [0.2, 0.25) is 0 Å². The average molecular weight is 368 g/mol. The van der Waals surface area contributed by atoms with Crippen molar-refractivity contribution in [2.75, 3.05) is 6.54 Å². The molecule has 2 aromatic carbocycles. The first-order chi connectivity index (χ1) is 12.9. The lowest BCUT2D eigenvalue weighted by atomic mass is 10.1. The molecule has 2 aromatic rings. The first kappa shape index (κ1) is 18.2. The molecule has 0 fully saturated rings. The Morgan fingerprint density at radius 2 is 1.74 bits per heavy atom. The van der Waals surface area contributed by atoms with Gasteiger partial charge in [0.2, 0.25) is 0 Å². The first-order valence-corrected chi connectivity index (χ1v) is 8.27. The molecule has 1 heterocycles. The molecule has 0 N–H and O–H groups in total. The van der Waals surface area contributed by atoms with Crippen LogP contribution in [0.1, 0.15) is 45.7 Å². The van der Waals surface area contributed by atoms with Gasteiger partial charge >= 0.3 is 5.97 Å². The van der Waals surface area contributed by atoms with Crippen molar-refractivity contribution in [1.82, 2.24) is 4.90 Å². The van der Waals surface area contributed by atoms with Crippen LogP contribution in [0.15, 0.2) is 48.5 Å². The molecule has 27 heavy (non-hydrogen) atoms. The molecular weight excluding hydrogens is 352 g/mol. The van der Waals surface area contributed by atoms with Crippen LogP contribution in [0.4, 0.5) is 5.69 Å². The monoisotopic (exact) mass is 368 g/mol. The third-order valence-electron chi connectivity index (χ3n) is 4.28. The molecular formula is C19H16N2O6. The van der Waals surface area contributed by atoms with Gasteiger partial charge in [0, 0.05) is 18.7 Å². The normalized spacial score (nSPS) is 14.0. The number of non-ortho nitro benzene ring substituents is 1. The summed E-state index contributed by atoms with van der Waals surface area (Å²) >= 11 is 0. The highest BCUT2D eigenvalue weighted by Gasteiger charge is 2.35. The second kappa shape index (κ2) is 7.36. The highest BCUT2D eigenvalue weighted by Crippen LogP contribution is 2.24. The Morgan fingerprint density at radius 1 is 1.11 bits per heavy atom. The largest absolute Gasteiger partial charge is 0.458 e. The summed E-state index contributed by atoms with van der Waals surface area (Å²) in [5.74, 6) is -1.48. The van der Waals surface area contributed by atoms with Gasteiger partial charge in [0.05, 0.1) is 22.5 Å². The molecule has 1 aliphatic rings. The maximum atomic E-state index is 12.3. The predicted octanol–water partition coefficient (Wildman–Crippen LogP) is 2.89. The number of esters is 1. The Bertz CT molecular complexity index is 904. The van der Waals surface area contributed by atoms with E-state index >= 15 is 0 Å². The SMILES string of the molecule is C[C@H](OC(=O)CCN1C(=O)c2ccccc2C1=O)c1cccc([N+](=O)[O-])c1. The van der Waals surface area contributed by atoms with E-state index in [9.17, 15) is 24.5 Å². The van der Waals surface area contributed by atoms with Crippen molar-refractivity contribution in [3.8, 4) is 0 Å². The Balaban J connectivity index is 1.59. The van der Waals surface area contributed by atoms with Crippen molar-refractivity contribution >= 4 is 23.5 Å². The van der Waals surface area contributed by atoms with Gasteiger partial charge in [-0.15, -0.1) is 0 Å². The fourth-order valence-electron chi connectivity index (χ4n) is 2.86. The molecule has 0 saturated carbocycles. The topological polar surface area (TPSA) is 107 Å². The summed E-state index contributed by atoms with van der Waals surface area (Å²) < 4.78 is 5.27. The van der Waals surface area contributed by atoms with E-state index in [-0.39, 0.29) is 18.7 Å². The molecule has 138 valence electrons. The third kappa shape index (κ3) is 3.69. The second-order valence-electron chi connectivity index (χ2n) is 6.04. The Labute approximate surface area is 154 Å². The second-order valence-corrected chi connectivity index (χ2v) is 6.04. The maximum Gasteiger partial charge on any atom is 0.308 e. The molecule has 0 radical (unpaired) electrons. The number of nitro benzene ring substituents is 1. The summed E-state index contributed by atoms with van der Waals surface area (Å²) in [5, 5.41) is 10.8. The summed E-state index contributed by atoms with van der Waals surface area (Å²) in [7, 11) is 0. The van der Waals surface area contributed by atoms with Crippen LogP contribution in [0.25, 0.3) is 0 Å². The highest BCUT2D eigenvalue weighted by molar-refractivity contribution is 6.21. The molecule has 8 nitrogen and oxygen atoms in total. The minimum Gasteiger partial charge on any atom is -0.458 e. The number of imide groups is 1. The molecule has 0 saturated heterocycles. The lowest BCUT2D eigenvalue weighted by molar-refractivity contribution is -0.385. The molecule has 0 aliphatic carbocycles. The standard InChI is InChI=1S/C19H16N2O6/c1-12(13-5-4-6-14(11-13)21(25)26)27-17(22)9-10-20-18(23)15-7-2-3-8-16(15)19(20)24/h2-8,11-12H,9-10H2,1H3/t12-/m0/s1. The molecule has 3 rings (SSSR count). The van der Waals surface area contributed by atoms with E-state index in [1.807, 2.05) is 0 Å². The van der Waals surface area contributed by atoms with Crippen LogP contribution in [-0.4, -0.2) is 34.2 Å². The van der Waals surface area contributed by atoms with Crippen LogP contribution in [0.5, 0.6) is 0 Å². The number of nitro groups is 1. The van der Waals surface area contributed by atoms with Crippen LogP contribution < -0.4 is 0 Å². The Morgan fingerprint density at radius 3 is 2.33 bits per heavy atom. The van der Waals surface area contributed by atoms with Crippen LogP contribution in [-0.2, 0) is 9.53 Å². The van der Waals surface area contributed by atoms with Crippen molar-refractivity contribution < 1.29 is 24.0 Å². The zero-order valence-corrected chi connectivity index (χ0v) is 14.5. The lowest BCUT2D eigenvalue weighted by Crippen LogP contribution is -2.32. The van der Waals surface area contributed by atoms with Gasteiger partial charge in [-0.05, 0) is 24.6 Å². The maximum absolute atomic E-state index is 12.3. The molecule has 1 aliphatic heterocycles. The van der Waals surface area contributed by atoms with E-state index in [0.29, 0.717) is 16.7 Å². The lowest BCUT2D eigenvalue weighted by Gasteiger charge is -2.16. The summed E-state index contributed by atoms with van der Waals surface area (Å²) in [5.41, 5.74) is 1.03. The number of carbonyl (C=O) groups is 3.